The van der Waals surface area contributed by atoms with Crippen molar-refractivity contribution in [3.8, 4) is 0 Å². The van der Waals surface area contributed by atoms with Crippen molar-refractivity contribution in [2.24, 2.45) is 20.2 Å². The van der Waals surface area contributed by atoms with E-state index in [4.69, 9.17) is 39.0 Å². The normalized spacial score (nSPS) is 16.4. The van der Waals surface area contributed by atoms with Crippen LogP contribution in [0.1, 0.15) is 36.5 Å². The van der Waals surface area contributed by atoms with Crippen molar-refractivity contribution in [3.05, 3.63) is 136 Å². The van der Waals surface area contributed by atoms with Gasteiger partial charge in [0.05, 0.1) is 22.7 Å². The summed E-state index contributed by atoms with van der Waals surface area (Å²) in [5.41, 5.74) is 9.33. The molecule has 214 valence electrons. The summed E-state index contributed by atoms with van der Waals surface area (Å²) in [4.78, 5) is 4.75. The van der Waals surface area contributed by atoms with Crippen molar-refractivity contribution in [2.75, 3.05) is 6.54 Å². The third kappa shape index (κ3) is 6.57. The van der Waals surface area contributed by atoms with Crippen molar-refractivity contribution in [1.82, 2.24) is 5.01 Å². The zero-order chi connectivity index (χ0) is 29.9. The number of aliphatic imine (C=N–C) groups is 1. The number of sulfonamides is 1. The number of hydrogen-bond acceptors (Lipinski definition) is 4. The lowest BCUT2D eigenvalue weighted by Crippen LogP contribution is -2.39. The Labute approximate surface area is 256 Å². The fourth-order valence-corrected chi connectivity index (χ4v) is 5.98. The van der Waals surface area contributed by atoms with E-state index in [9.17, 15) is 8.42 Å². The van der Waals surface area contributed by atoms with Gasteiger partial charge in [0.15, 0.2) is 5.84 Å². The largest absolute Gasteiger partial charge is 0.381 e. The molecule has 1 unspecified atom stereocenters. The fraction of sp³-hybridized carbons (Fsp3) is 0.156. The Bertz CT molecular complexity index is 1760. The second kappa shape index (κ2) is 12.1. The highest BCUT2D eigenvalue weighted by atomic mass is 35.5. The summed E-state index contributed by atoms with van der Waals surface area (Å²) < 4.78 is 31.3. The SMILES string of the molecule is CC(C)(N=C(N)/C(=N\S(=O)(=O)c1ccc(Cl)cc1)N1CC(c2ccccc2)C(c2ccc(Cl)cc2)=N1)c1ccccc1. The fourth-order valence-electron chi connectivity index (χ4n) is 4.72. The average molecular weight is 619 g/mol. The van der Waals surface area contributed by atoms with Gasteiger partial charge in [-0.2, -0.15) is 13.5 Å². The molecule has 0 saturated heterocycles. The molecule has 0 amide bonds. The summed E-state index contributed by atoms with van der Waals surface area (Å²) in [6.45, 7) is 4.10. The minimum absolute atomic E-state index is 0.0276. The summed E-state index contributed by atoms with van der Waals surface area (Å²) >= 11 is 12.2. The van der Waals surface area contributed by atoms with Crippen LogP contribution in [-0.4, -0.2) is 37.4 Å². The number of benzene rings is 4. The van der Waals surface area contributed by atoms with Crippen molar-refractivity contribution in [3.63, 3.8) is 0 Å². The zero-order valence-electron chi connectivity index (χ0n) is 23.0. The van der Waals surface area contributed by atoms with Gasteiger partial charge in [0.25, 0.3) is 10.0 Å². The molecule has 5 rings (SSSR count). The molecule has 1 atom stereocenters. The summed E-state index contributed by atoms with van der Waals surface area (Å²) in [6, 6.07) is 32.7. The number of nitrogens with two attached hydrogens (primary N) is 1. The van der Waals surface area contributed by atoms with Gasteiger partial charge in [-0.05, 0) is 66.9 Å². The number of nitrogens with zero attached hydrogens (tertiary/aromatic N) is 4. The highest BCUT2D eigenvalue weighted by Crippen LogP contribution is 2.31. The Balaban J connectivity index is 1.65. The number of halogens is 2. The van der Waals surface area contributed by atoms with Crippen LogP contribution in [0.4, 0.5) is 0 Å². The highest BCUT2D eigenvalue weighted by molar-refractivity contribution is 7.90. The second-order valence-electron chi connectivity index (χ2n) is 10.3. The molecule has 4 aromatic rings. The van der Waals surface area contributed by atoms with E-state index in [2.05, 4.69) is 4.40 Å². The molecule has 7 nitrogen and oxygen atoms in total. The quantitative estimate of drug-likeness (QED) is 0.188. The van der Waals surface area contributed by atoms with Gasteiger partial charge in [0, 0.05) is 16.0 Å². The first kappa shape index (κ1) is 29.5. The smallest absolute Gasteiger partial charge is 0.284 e. The molecule has 0 radical (unpaired) electrons. The Hall–Kier alpha value is -3.98. The Kier molecular flexibility index (Phi) is 8.50. The molecule has 4 aromatic carbocycles. The standard InChI is InChI=1S/C32H29Cl2N5O2S/c1-32(2,24-11-7-4-8-12-24)36-30(35)31(38-42(40,41)27-19-17-26(34)18-20-27)39-21-28(22-9-5-3-6-10-22)29(37-39)23-13-15-25(33)16-14-23/h3-20,28H,21H2,1-2H3,(H2,35,36)/b38-31+. The summed E-state index contributed by atoms with van der Waals surface area (Å²) in [7, 11) is -4.21. The first-order valence-corrected chi connectivity index (χ1v) is 15.4. The lowest BCUT2D eigenvalue weighted by Gasteiger charge is -2.23. The van der Waals surface area contributed by atoms with E-state index >= 15 is 0 Å². The monoisotopic (exact) mass is 617 g/mol. The molecule has 10 heteroatoms. The minimum Gasteiger partial charge on any atom is -0.381 e. The molecular formula is C32H29Cl2N5O2S. The van der Waals surface area contributed by atoms with E-state index in [1.54, 1.807) is 12.1 Å². The summed E-state index contributed by atoms with van der Waals surface area (Å²) in [5, 5.41) is 7.42. The van der Waals surface area contributed by atoms with Crippen LogP contribution in [0.5, 0.6) is 0 Å². The van der Waals surface area contributed by atoms with Crippen molar-refractivity contribution in [2.45, 2.75) is 30.2 Å². The Morgan fingerprint density at radius 2 is 1.40 bits per heavy atom. The van der Waals surface area contributed by atoms with E-state index in [-0.39, 0.29) is 22.5 Å². The molecular weight excluding hydrogens is 589 g/mol. The van der Waals surface area contributed by atoms with Crippen LogP contribution in [0, 0.1) is 0 Å². The lowest BCUT2D eigenvalue weighted by molar-refractivity contribution is 0.478. The van der Waals surface area contributed by atoms with E-state index < -0.39 is 15.6 Å². The first-order chi connectivity index (χ1) is 20.0. The molecule has 0 bridgehead atoms. The molecule has 1 aliphatic rings. The van der Waals surface area contributed by atoms with Crippen LogP contribution in [0.25, 0.3) is 0 Å². The van der Waals surface area contributed by atoms with Crippen molar-refractivity contribution < 1.29 is 8.42 Å². The molecule has 42 heavy (non-hydrogen) atoms. The number of amidine groups is 2. The lowest BCUT2D eigenvalue weighted by atomic mass is 9.90. The molecule has 1 aliphatic heterocycles. The molecule has 0 aromatic heterocycles. The van der Waals surface area contributed by atoms with Gasteiger partial charge in [-0.1, -0.05) is 96.0 Å². The first-order valence-electron chi connectivity index (χ1n) is 13.2. The van der Waals surface area contributed by atoms with Crippen LogP contribution < -0.4 is 5.73 Å². The summed E-state index contributed by atoms with van der Waals surface area (Å²) in [5.74, 6) is -0.334. The van der Waals surface area contributed by atoms with Gasteiger partial charge in [-0.25, -0.2) is 5.01 Å². The average Bonchev–Trinajstić information content (AvgIpc) is 3.42. The number of rotatable bonds is 6. The van der Waals surface area contributed by atoms with Gasteiger partial charge in [-0.15, -0.1) is 4.40 Å². The summed E-state index contributed by atoms with van der Waals surface area (Å²) in [6.07, 6.45) is 0. The second-order valence-corrected chi connectivity index (χ2v) is 12.8. The van der Waals surface area contributed by atoms with E-state index in [0.717, 1.165) is 22.4 Å². The number of hydrogen-bond donors (Lipinski definition) is 1. The van der Waals surface area contributed by atoms with Gasteiger partial charge in [0.1, 0.15) is 0 Å². The minimum atomic E-state index is -4.21. The molecule has 0 saturated carbocycles. The Morgan fingerprint density at radius 3 is 2.00 bits per heavy atom. The van der Waals surface area contributed by atoms with Crippen molar-refractivity contribution in [1.29, 1.82) is 0 Å². The van der Waals surface area contributed by atoms with Gasteiger partial charge < -0.3 is 5.73 Å². The number of hydrazone groups is 1. The maximum Gasteiger partial charge on any atom is 0.284 e. The molecule has 1 heterocycles. The maximum atomic E-state index is 13.6. The molecule has 0 aliphatic carbocycles. The molecule has 0 fully saturated rings. The van der Waals surface area contributed by atoms with Gasteiger partial charge >= 0.3 is 0 Å². The third-order valence-corrected chi connectivity index (χ3v) is 8.71. The van der Waals surface area contributed by atoms with Gasteiger partial charge in [-0.3, -0.25) is 4.99 Å². The van der Waals surface area contributed by atoms with Crippen LogP contribution in [-0.2, 0) is 15.6 Å². The zero-order valence-corrected chi connectivity index (χ0v) is 25.4. The van der Waals surface area contributed by atoms with E-state index in [0.29, 0.717) is 16.6 Å². The van der Waals surface area contributed by atoms with Gasteiger partial charge in [0.2, 0.25) is 5.84 Å². The van der Waals surface area contributed by atoms with Crippen LogP contribution in [0.3, 0.4) is 0 Å². The van der Waals surface area contributed by atoms with Crippen LogP contribution >= 0.6 is 23.2 Å². The van der Waals surface area contributed by atoms with Crippen molar-refractivity contribution >= 4 is 50.6 Å². The predicted octanol–water partition coefficient (Wildman–Crippen LogP) is 6.88. The van der Waals surface area contributed by atoms with Crippen LogP contribution in [0.2, 0.25) is 10.0 Å². The van der Waals surface area contributed by atoms with E-state index in [1.807, 2.05) is 86.6 Å². The third-order valence-electron chi connectivity index (χ3n) is 6.93. The highest BCUT2D eigenvalue weighted by Gasteiger charge is 2.34. The molecule has 2 N–H and O–H groups in total. The van der Waals surface area contributed by atoms with Crippen LogP contribution in [0.15, 0.2) is 129 Å². The van der Waals surface area contributed by atoms with E-state index in [1.165, 1.54) is 29.3 Å². The predicted molar refractivity (Wildman–Crippen MR) is 171 cm³/mol. The Morgan fingerprint density at radius 1 is 0.857 bits per heavy atom. The topological polar surface area (TPSA) is 100 Å². The maximum absolute atomic E-state index is 13.6. The molecule has 0 spiro atoms.